The summed E-state index contributed by atoms with van der Waals surface area (Å²) in [6, 6.07) is 83.8. The van der Waals surface area contributed by atoms with Crippen molar-refractivity contribution >= 4 is 21.5 Å². The van der Waals surface area contributed by atoms with Gasteiger partial charge in [-0.3, -0.25) is 0 Å². The fourth-order valence-corrected chi connectivity index (χ4v) is 5.74. The van der Waals surface area contributed by atoms with Gasteiger partial charge in [0.1, 0.15) is 0 Å². The van der Waals surface area contributed by atoms with Crippen LogP contribution in [0.15, 0.2) is 243 Å². The first-order valence-electron chi connectivity index (χ1n) is 33.0. The van der Waals surface area contributed by atoms with Gasteiger partial charge in [-0.05, 0) is 104 Å². The summed E-state index contributed by atoms with van der Waals surface area (Å²) in [7, 11) is 0. The number of hydrogen-bond donors (Lipinski definition) is 0. The summed E-state index contributed by atoms with van der Waals surface area (Å²) >= 11 is 0. The molecule has 9 aromatic rings. The average molecular weight is 1220 g/mol. The van der Waals surface area contributed by atoms with E-state index in [0.717, 1.165) is 0 Å². The van der Waals surface area contributed by atoms with Crippen LogP contribution in [-0.2, 0) is 0 Å². The first-order valence-corrected chi connectivity index (χ1v) is 33.0. The van der Waals surface area contributed by atoms with Crippen LogP contribution in [0.4, 0.5) is 0 Å². The molecule has 9 aromatic carbocycles. The van der Waals surface area contributed by atoms with Crippen LogP contribution in [-0.4, -0.2) is 0 Å². The molecule has 0 aliphatic heterocycles. The first kappa shape index (κ1) is 87.7. The molecule has 9 rings (SSSR count). The number of benzene rings is 9. The summed E-state index contributed by atoms with van der Waals surface area (Å²) in [6.07, 6.45) is 0. The maximum Gasteiger partial charge on any atom is -0.0105 e. The Labute approximate surface area is 559 Å². The third-order valence-corrected chi connectivity index (χ3v) is 8.28. The van der Waals surface area contributed by atoms with Gasteiger partial charge in [-0.2, -0.15) is 0 Å². The molecule has 0 nitrogen and oxygen atoms in total. The topological polar surface area (TPSA) is 0 Å². The Morgan fingerprint density at radius 2 is 0.344 bits per heavy atom. The van der Waals surface area contributed by atoms with E-state index in [1.54, 1.807) is 0 Å². The van der Waals surface area contributed by atoms with E-state index in [0.29, 0.717) is 43.3 Å². The van der Waals surface area contributed by atoms with Crippen molar-refractivity contribution in [1.82, 2.24) is 0 Å². The molecular weight excluding hydrogens is 1080 g/mol. The summed E-state index contributed by atoms with van der Waals surface area (Å²) in [5, 5.41) is 5.20. The van der Waals surface area contributed by atoms with Gasteiger partial charge in [0.2, 0.25) is 0 Å². The van der Waals surface area contributed by atoms with Crippen molar-refractivity contribution in [2.75, 3.05) is 0 Å². The number of fused-ring (bicyclic) bond motifs is 2. The highest BCUT2D eigenvalue weighted by Gasteiger charge is 2.04. The summed E-state index contributed by atoms with van der Waals surface area (Å²) in [5.41, 5.74) is 11.7. The average Bonchev–Trinajstić information content (AvgIpc) is 1.56. The summed E-state index contributed by atoms with van der Waals surface area (Å²) in [6.45, 7) is 70.0. The highest BCUT2D eigenvalue weighted by atomic mass is 14.1. The predicted molar refractivity (Wildman–Crippen MR) is 418 cm³/mol. The molecule has 0 amide bonds. The Kier molecular flexibility index (Phi) is 43.0. The van der Waals surface area contributed by atoms with Crippen molar-refractivity contribution in [2.45, 2.75) is 222 Å². The van der Waals surface area contributed by atoms with Crippen molar-refractivity contribution in [3.63, 3.8) is 0 Å². The van der Waals surface area contributed by atoms with E-state index >= 15 is 0 Å². The fraction of sp³-hybridized carbons (Fsp3) is 0.444. The molecule has 0 radical (unpaired) electrons. The molecule has 90 heavy (non-hydrogen) atoms. The maximum absolute atomic E-state index is 2.24. The van der Waals surface area contributed by atoms with E-state index in [9.17, 15) is 0 Å². The van der Waals surface area contributed by atoms with E-state index in [-0.39, 0.29) is 0 Å². The Morgan fingerprint density at radius 1 is 0.144 bits per heavy atom. The van der Waals surface area contributed by atoms with Gasteiger partial charge in [-0.1, -0.05) is 458 Å². The standard InChI is InChI=1S/2C16H12.C12H10.C6H6.8C5H12/c1-2-7-13(8-3-1)16-12-6-10-14-9-4-5-11-15(14)16;1-2-6-13(7-3-1)16-11-10-14-8-4-5-9-15(14)12-16;1-3-7-11(8-4-1)12-9-5-2-6-10-12;1-2-4-6-5-3-1;8*1-5(2,3)4/h2*1-12H;1-10H;1-6H;8*1-4H3. The molecule has 0 bridgehead atoms. The van der Waals surface area contributed by atoms with E-state index < -0.39 is 0 Å². The lowest BCUT2D eigenvalue weighted by molar-refractivity contribution is 0.469. The second-order valence-corrected chi connectivity index (χ2v) is 35.7. The minimum atomic E-state index is 0.500. The van der Waals surface area contributed by atoms with E-state index in [1.165, 1.54) is 54.9 Å². The van der Waals surface area contributed by atoms with Crippen molar-refractivity contribution < 1.29 is 0 Å². The zero-order chi connectivity index (χ0) is 70.1. The lowest BCUT2D eigenvalue weighted by Gasteiger charge is -2.06. The molecule has 0 unspecified atom stereocenters. The monoisotopic (exact) mass is 1220 g/mol. The summed E-state index contributed by atoms with van der Waals surface area (Å²) in [5.74, 6) is 0. The molecule has 0 aromatic heterocycles. The van der Waals surface area contributed by atoms with Crippen LogP contribution in [0.1, 0.15) is 222 Å². The van der Waals surface area contributed by atoms with Gasteiger partial charge >= 0.3 is 0 Å². The molecule has 0 atom stereocenters. The SMILES string of the molecule is CC(C)(C)C.CC(C)(C)C.CC(C)(C)C.CC(C)(C)C.CC(C)(C)C.CC(C)(C)C.CC(C)(C)C.CC(C)(C)C.c1ccc(-c2ccc3ccccc3c2)cc1.c1ccc(-c2cccc3ccccc23)cc1.c1ccc(-c2ccccc2)cc1.c1ccccc1. The second kappa shape index (κ2) is 44.1. The molecule has 0 aliphatic rings. The first-order chi connectivity index (χ1) is 40.8. The molecule has 0 heteroatoms. The molecule has 0 fully saturated rings. The van der Waals surface area contributed by atoms with Crippen LogP contribution in [0.5, 0.6) is 0 Å². The van der Waals surface area contributed by atoms with Gasteiger partial charge in [0.05, 0.1) is 0 Å². The molecule has 496 valence electrons. The van der Waals surface area contributed by atoms with Crippen molar-refractivity contribution in [3.05, 3.63) is 243 Å². The third kappa shape index (κ3) is 74.0. The molecular formula is C90H136. The fourth-order valence-electron chi connectivity index (χ4n) is 5.74. The molecule has 0 saturated carbocycles. The van der Waals surface area contributed by atoms with Gasteiger partial charge < -0.3 is 0 Å². The van der Waals surface area contributed by atoms with Crippen LogP contribution in [0.3, 0.4) is 0 Å². The van der Waals surface area contributed by atoms with Crippen molar-refractivity contribution in [2.24, 2.45) is 43.3 Å². The van der Waals surface area contributed by atoms with Gasteiger partial charge in [0.15, 0.2) is 0 Å². The van der Waals surface area contributed by atoms with Crippen LogP contribution in [0, 0.1) is 43.3 Å². The third-order valence-electron chi connectivity index (χ3n) is 8.28. The molecule has 0 spiro atoms. The Balaban J connectivity index is -0.000000958. The smallest absolute Gasteiger partial charge is 0.0105 e. The maximum atomic E-state index is 2.24. The predicted octanol–water partition coefficient (Wildman–Crippen LogP) is 30.5. The van der Waals surface area contributed by atoms with Crippen LogP contribution < -0.4 is 0 Å². The van der Waals surface area contributed by atoms with Crippen LogP contribution in [0.2, 0.25) is 0 Å². The van der Waals surface area contributed by atoms with E-state index in [2.05, 4.69) is 410 Å². The Hall–Kier alpha value is -6.50. The minimum Gasteiger partial charge on any atom is -0.0623 e. The minimum absolute atomic E-state index is 0.500. The number of rotatable bonds is 3. The Bertz CT molecular complexity index is 2800. The zero-order valence-electron chi connectivity index (χ0n) is 64.1. The van der Waals surface area contributed by atoms with Crippen molar-refractivity contribution in [3.8, 4) is 33.4 Å². The molecule has 0 aliphatic carbocycles. The Morgan fingerprint density at radius 3 is 0.633 bits per heavy atom. The van der Waals surface area contributed by atoms with Crippen molar-refractivity contribution in [1.29, 1.82) is 0 Å². The van der Waals surface area contributed by atoms with Gasteiger partial charge in [0, 0.05) is 0 Å². The highest BCUT2D eigenvalue weighted by Crippen LogP contribution is 2.28. The largest absolute Gasteiger partial charge is 0.0623 e. The van der Waals surface area contributed by atoms with Gasteiger partial charge in [-0.15, -0.1) is 0 Å². The zero-order valence-corrected chi connectivity index (χ0v) is 64.1. The van der Waals surface area contributed by atoms with Gasteiger partial charge in [-0.25, -0.2) is 0 Å². The van der Waals surface area contributed by atoms with E-state index in [1.807, 2.05) is 54.6 Å². The second-order valence-electron chi connectivity index (χ2n) is 35.7. The number of hydrogen-bond acceptors (Lipinski definition) is 0. The van der Waals surface area contributed by atoms with Gasteiger partial charge in [0.25, 0.3) is 0 Å². The molecule has 0 N–H and O–H groups in total. The summed E-state index contributed by atoms with van der Waals surface area (Å²) < 4.78 is 0. The highest BCUT2D eigenvalue weighted by molar-refractivity contribution is 5.96. The summed E-state index contributed by atoms with van der Waals surface area (Å²) in [4.78, 5) is 0. The lowest BCUT2D eigenvalue weighted by Crippen LogP contribution is -1.93. The molecule has 0 saturated heterocycles. The van der Waals surface area contributed by atoms with Crippen LogP contribution >= 0.6 is 0 Å². The lowest BCUT2D eigenvalue weighted by atomic mass is 9.98. The molecule has 0 heterocycles. The normalized spacial score (nSPS) is 10.9. The van der Waals surface area contributed by atoms with Crippen LogP contribution in [0.25, 0.3) is 54.9 Å². The van der Waals surface area contributed by atoms with E-state index in [4.69, 9.17) is 0 Å². The quantitative estimate of drug-likeness (QED) is 0.165.